The molecule has 0 heterocycles. The highest BCUT2D eigenvalue weighted by atomic mass is 19.1. The maximum Gasteiger partial charge on any atom is 0.147 e. The lowest BCUT2D eigenvalue weighted by Crippen LogP contribution is -2.13. The third kappa shape index (κ3) is 3.92. The second-order valence-corrected chi connectivity index (χ2v) is 3.69. The number of anilines is 1. The van der Waals surface area contributed by atoms with Crippen molar-refractivity contribution in [1.29, 1.82) is 0 Å². The SMILES string of the molecule is C#Cc1ccc(NCCOC(C)C)c(F)c1. The lowest BCUT2D eigenvalue weighted by atomic mass is 10.2. The maximum atomic E-state index is 13.4. The predicted octanol–water partition coefficient (Wildman–Crippen LogP) is 2.64. The normalized spacial score (nSPS) is 10.2. The monoisotopic (exact) mass is 221 g/mol. The Kier molecular flexibility index (Phi) is 4.81. The van der Waals surface area contributed by atoms with Gasteiger partial charge in [0.15, 0.2) is 0 Å². The fourth-order valence-corrected chi connectivity index (χ4v) is 1.23. The van der Waals surface area contributed by atoms with Gasteiger partial charge in [-0.1, -0.05) is 5.92 Å². The molecule has 86 valence electrons. The van der Waals surface area contributed by atoms with Crippen molar-refractivity contribution in [2.75, 3.05) is 18.5 Å². The van der Waals surface area contributed by atoms with Gasteiger partial charge in [0.05, 0.1) is 18.4 Å². The Morgan fingerprint density at radius 1 is 1.50 bits per heavy atom. The van der Waals surface area contributed by atoms with Crippen LogP contribution >= 0.6 is 0 Å². The van der Waals surface area contributed by atoms with Crippen LogP contribution in [0, 0.1) is 18.2 Å². The number of halogens is 1. The van der Waals surface area contributed by atoms with Gasteiger partial charge in [0.1, 0.15) is 5.82 Å². The molecule has 1 rings (SSSR count). The molecule has 0 spiro atoms. The second kappa shape index (κ2) is 6.14. The van der Waals surface area contributed by atoms with Gasteiger partial charge in [-0.3, -0.25) is 0 Å². The van der Waals surface area contributed by atoms with Gasteiger partial charge in [0.25, 0.3) is 0 Å². The van der Waals surface area contributed by atoms with Crippen molar-refractivity contribution in [2.24, 2.45) is 0 Å². The minimum atomic E-state index is -0.333. The van der Waals surface area contributed by atoms with E-state index < -0.39 is 0 Å². The molecule has 1 aromatic rings. The van der Waals surface area contributed by atoms with E-state index in [2.05, 4.69) is 11.2 Å². The molecule has 0 aliphatic heterocycles. The van der Waals surface area contributed by atoms with Crippen molar-refractivity contribution in [1.82, 2.24) is 0 Å². The summed E-state index contributed by atoms with van der Waals surface area (Å²) < 4.78 is 18.8. The Labute approximate surface area is 95.8 Å². The minimum Gasteiger partial charge on any atom is -0.380 e. The molecule has 0 atom stereocenters. The van der Waals surface area contributed by atoms with Crippen LogP contribution in [0.1, 0.15) is 19.4 Å². The number of benzene rings is 1. The highest BCUT2D eigenvalue weighted by molar-refractivity contribution is 5.49. The molecule has 0 amide bonds. The molecule has 1 N–H and O–H groups in total. The summed E-state index contributed by atoms with van der Waals surface area (Å²) in [5, 5.41) is 2.95. The lowest BCUT2D eigenvalue weighted by molar-refractivity contribution is 0.0870. The first-order chi connectivity index (χ1) is 7.63. The van der Waals surface area contributed by atoms with Gasteiger partial charge < -0.3 is 10.1 Å². The Balaban J connectivity index is 2.46. The Hall–Kier alpha value is -1.53. The topological polar surface area (TPSA) is 21.3 Å². The molecule has 0 bridgehead atoms. The third-order valence-corrected chi connectivity index (χ3v) is 2.00. The number of nitrogens with one attached hydrogen (secondary N) is 1. The van der Waals surface area contributed by atoms with Gasteiger partial charge in [-0.2, -0.15) is 0 Å². The highest BCUT2D eigenvalue weighted by Crippen LogP contribution is 2.14. The molecule has 2 nitrogen and oxygen atoms in total. The summed E-state index contributed by atoms with van der Waals surface area (Å²) in [4.78, 5) is 0. The van der Waals surface area contributed by atoms with E-state index in [0.717, 1.165) is 0 Å². The molecular formula is C13H16FNO. The van der Waals surface area contributed by atoms with Crippen molar-refractivity contribution >= 4 is 5.69 Å². The van der Waals surface area contributed by atoms with Gasteiger partial charge in [0, 0.05) is 12.1 Å². The summed E-state index contributed by atoms with van der Waals surface area (Å²) in [5.74, 6) is 2.05. The summed E-state index contributed by atoms with van der Waals surface area (Å²) in [6.45, 7) is 5.04. The number of rotatable bonds is 5. The van der Waals surface area contributed by atoms with E-state index in [1.54, 1.807) is 12.1 Å². The zero-order valence-corrected chi connectivity index (χ0v) is 9.59. The van der Waals surface area contributed by atoms with E-state index in [-0.39, 0.29) is 11.9 Å². The lowest BCUT2D eigenvalue weighted by Gasteiger charge is -2.10. The summed E-state index contributed by atoms with van der Waals surface area (Å²) in [6.07, 6.45) is 5.36. The Morgan fingerprint density at radius 2 is 2.25 bits per heavy atom. The zero-order valence-electron chi connectivity index (χ0n) is 9.59. The molecule has 0 unspecified atom stereocenters. The molecule has 0 aliphatic carbocycles. The predicted molar refractivity (Wildman–Crippen MR) is 63.9 cm³/mol. The summed E-state index contributed by atoms with van der Waals surface area (Å²) in [6, 6.07) is 4.68. The summed E-state index contributed by atoms with van der Waals surface area (Å²) in [7, 11) is 0. The van der Waals surface area contributed by atoms with Crippen molar-refractivity contribution in [3.63, 3.8) is 0 Å². The van der Waals surface area contributed by atoms with Crippen LogP contribution < -0.4 is 5.32 Å². The van der Waals surface area contributed by atoms with Crippen molar-refractivity contribution in [3.05, 3.63) is 29.6 Å². The quantitative estimate of drug-likeness (QED) is 0.609. The largest absolute Gasteiger partial charge is 0.380 e. The first-order valence-electron chi connectivity index (χ1n) is 5.25. The molecule has 0 aromatic heterocycles. The fourth-order valence-electron chi connectivity index (χ4n) is 1.23. The average molecular weight is 221 g/mol. The van der Waals surface area contributed by atoms with E-state index in [1.165, 1.54) is 6.07 Å². The van der Waals surface area contributed by atoms with Crippen LogP contribution in [0.25, 0.3) is 0 Å². The minimum absolute atomic E-state index is 0.190. The van der Waals surface area contributed by atoms with E-state index >= 15 is 0 Å². The Morgan fingerprint density at radius 3 is 2.81 bits per heavy atom. The van der Waals surface area contributed by atoms with Crippen LogP contribution in [0.2, 0.25) is 0 Å². The number of ether oxygens (including phenoxy) is 1. The van der Waals surface area contributed by atoms with E-state index in [0.29, 0.717) is 24.4 Å². The van der Waals surface area contributed by atoms with Crippen molar-refractivity contribution < 1.29 is 9.13 Å². The number of hydrogen-bond acceptors (Lipinski definition) is 2. The van der Waals surface area contributed by atoms with Crippen molar-refractivity contribution in [3.8, 4) is 12.3 Å². The van der Waals surface area contributed by atoms with Gasteiger partial charge in [-0.05, 0) is 32.0 Å². The van der Waals surface area contributed by atoms with Gasteiger partial charge in [-0.15, -0.1) is 6.42 Å². The smallest absolute Gasteiger partial charge is 0.147 e. The molecular weight excluding hydrogens is 205 g/mol. The molecule has 0 saturated carbocycles. The number of hydrogen-bond donors (Lipinski definition) is 1. The van der Waals surface area contributed by atoms with Crippen LogP contribution in [0.15, 0.2) is 18.2 Å². The van der Waals surface area contributed by atoms with Crippen LogP contribution in [0.3, 0.4) is 0 Å². The molecule has 1 aromatic carbocycles. The fraction of sp³-hybridized carbons (Fsp3) is 0.385. The first kappa shape index (κ1) is 12.5. The maximum absolute atomic E-state index is 13.4. The van der Waals surface area contributed by atoms with Crippen molar-refractivity contribution in [2.45, 2.75) is 20.0 Å². The molecule has 0 aliphatic rings. The van der Waals surface area contributed by atoms with Gasteiger partial charge >= 0.3 is 0 Å². The van der Waals surface area contributed by atoms with E-state index in [9.17, 15) is 4.39 Å². The Bertz CT molecular complexity index is 382. The van der Waals surface area contributed by atoms with Gasteiger partial charge in [0.2, 0.25) is 0 Å². The molecule has 0 radical (unpaired) electrons. The van der Waals surface area contributed by atoms with Crippen LogP contribution in [0.4, 0.5) is 10.1 Å². The third-order valence-electron chi connectivity index (χ3n) is 2.00. The summed E-state index contributed by atoms with van der Waals surface area (Å²) >= 11 is 0. The molecule has 0 fully saturated rings. The summed E-state index contributed by atoms with van der Waals surface area (Å²) in [5.41, 5.74) is 0.993. The van der Waals surface area contributed by atoms with Gasteiger partial charge in [-0.25, -0.2) is 4.39 Å². The van der Waals surface area contributed by atoms with Crippen LogP contribution in [0.5, 0.6) is 0 Å². The van der Waals surface area contributed by atoms with Crippen LogP contribution in [-0.2, 0) is 4.74 Å². The molecule has 3 heteroatoms. The highest BCUT2D eigenvalue weighted by Gasteiger charge is 2.01. The average Bonchev–Trinajstić information content (AvgIpc) is 2.25. The second-order valence-electron chi connectivity index (χ2n) is 3.69. The molecule has 16 heavy (non-hydrogen) atoms. The number of terminal acetylenes is 1. The molecule has 0 saturated heterocycles. The van der Waals surface area contributed by atoms with E-state index in [1.807, 2.05) is 13.8 Å². The first-order valence-corrected chi connectivity index (χ1v) is 5.25. The van der Waals surface area contributed by atoms with E-state index in [4.69, 9.17) is 11.2 Å². The zero-order chi connectivity index (χ0) is 12.0. The standard InChI is InChI=1S/C13H16FNO/c1-4-11-5-6-13(12(14)9-11)15-7-8-16-10(2)3/h1,5-6,9-10,15H,7-8H2,2-3H3. The van der Waals surface area contributed by atoms with Crippen LogP contribution in [-0.4, -0.2) is 19.3 Å².